The number of aromatic nitrogens is 1. The number of piperazine rings is 1. The summed E-state index contributed by atoms with van der Waals surface area (Å²) < 4.78 is 18.4. The fourth-order valence-corrected chi connectivity index (χ4v) is 2.57. The van der Waals surface area contributed by atoms with Crippen LogP contribution < -0.4 is 14.5 Å². The van der Waals surface area contributed by atoms with Gasteiger partial charge in [0.2, 0.25) is 5.95 Å². The van der Waals surface area contributed by atoms with Crippen molar-refractivity contribution in [3.05, 3.63) is 48.4 Å². The first-order chi connectivity index (χ1) is 10.3. The predicted molar refractivity (Wildman–Crippen MR) is 81.6 cm³/mol. The van der Waals surface area contributed by atoms with Crippen LogP contribution in [0.1, 0.15) is 0 Å². The van der Waals surface area contributed by atoms with Gasteiger partial charge >= 0.3 is 0 Å². The molecule has 0 bridgehead atoms. The highest BCUT2D eigenvalue weighted by molar-refractivity contribution is 5.52. The van der Waals surface area contributed by atoms with Crippen molar-refractivity contribution in [3.8, 4) is 5.75 Å². The van der Waals surface area contributed by atoms with E-state index in [4.69, 9.17) is 4.74 Å². The smallest absolute Gasteiger partial charge is 0.214 e. The van der Waals surface area contributed by atoms with Crippen molar-refractivity contribution in [2.24, 2.45) is 0 Å². The number of methoxy groups -OCH3 is 1. The van der Waals surface area contributed by atoms with Gasteiger partial charge in [-0.1, -0.05) is 12.1 Å². The van der Waals surface area contributed by atoms with Crippen molar-refractivity contribution in [1.82, 2.24) is 4.98 Å². The number of pyridine rings is 1. The van der Waals surface area contributed by atoms with Crippen LogP contribution in [0.25, 0.3) is 0 Å². The fourth-order valence-electron chi connectivity index (χ4n) is 2.57. The van der Waals surface area contributed by atoms with E-state index < -0.39 is 5.95 Å². The summed E-state index contributed by atoms with van der Waals surface area (Å²) in [5, 5.41) is 0. The number of anilines is 2. The first-order valence-electron chi connectivity index (χ1n) is 7.03. The standard InChI is InChI=1S/C16H18FN3O/c1-21-14-5-2-4-13(12-14)19-8-10-20(11-9-19)16-7-3-6-15(17)18-16/h2-7,12H,8-11H2,1H3. The summed E-state index contributed by atoms with van der Waals surface area (Å²) in [6.07, 6.45) is 0. The third-order valence-electron chi connectivity index (χ3n) is 3.72. The maximum Gasteiger partial charge on any atom is 0.214 e. The van der Waals surface area contributed by atoms with E-state index in [0.29, 0.717) is 5.82 Å². The molecule has 3 rings (SSSR count). The van der Waals surface area contributed by atoms with Gasteiger partial charge in [-0.3, -0.25) is 0 Å². The molecule has 0 atom stereocenters. The maximum atomic E-state index is 13.2. The van der Waals surface area contributed by atoms with Gasteiger partial charge in [0.1, 0.15) is 11.6 Å². The Morgan fingerprint density at radius 1 is 1.00 bits per heavy atom. The molecule has 4 nitrogen and oxygen atoms in total. The van der Waals surface area contributed by atoms with Crippen LogP contribution >= 0.6 is 0 Å². The van der Waals surface area contributed by atoms with Crippen LogP contribution in [0.5, 0.6) is 5.75 Å². The van der Waals surface area contributed by atoms with Gasteiger partial charge in [0, 0.05) is 37.9 Å². The van der Waals surface area contributed by atoms with Crippen LogP contribution in [0.15, 0.2) is 42.5 Å². The largest absolute Gasteiger partial charge is 0.497 e. The highest BCUT2D eigenvalue weighted by Crippen LogP contribution is 2.23. The highest BCUT2D eigenvalue weighted by atomic mass is 19.1. The first kappa shape index (κ1) is 13.7. The Morgan fingerprint density at radius 2 is 1.71 bits per heavy atom. The molecule has 0 saturated carbocycles. The van der Waals surface area contributed by atoms with Gasteiger partial charge in [0.25, 0.3) is 0 Å². The molecule has 21 heavy (non-hydrogen) atoms. The zero-order valence-electron chi connectivity index (χ0n) is 12.0. The maximum absolute atomic E-state index is 13.2. The second-order valence-corrected chi connectivity index (χ2v) is 4.99. The lowest BCUT2D eigenvalue weighted by Gasteiger charge is -2.36. The van der Waals surface area contributed by atoms with Gasteiger partial charge in [0.05, 0.1) is 7.11 Å². The lowest BCUT2D eigenvalue weighted by atomic mass is 10.2. The summed E-state index contributed by atoms with van der Waals surface area (Å²) in [5.74, 6) is 1.14. The molecule has 1 aromatic heterocycles. The first-order valence-corrected chi connectivity index (χ1v) is 7.03. The number of hydrogen-bond donors (Lipinski definition) is 0. The Bertz CT molecular complexity index is 612. The number of rotatable bonds is 3. The molecular formula is C16H18FN3O. The summed E-state index contributed by atoms with van der Waals surface area (Å²) in [6.45, 7) is 3.41. The molecule has 110 valence electrons. The SMILES string of the molecule is COc1cccc(N2CCN(c3cccc(F)n3)CC2)c1. The molecular weight excluding hydrogens is 269 g/mol. The van der Waals surface area contributed by atoms with E-state index >= 15 is 0 Å². The lowest BCUT2D eigenvalue weighted by Crippen LogP contribution is -2.46. The van der Waals surface area contributed by atoms with E-state index in [-0.39, 0.29) is 0 Å². The van der Waals surface area contributed by atoms with Crippen LogP contribution in [-0.4, -0.2) is 38.3 Å². The van der Waals surface area contributed by atoms with E-state index in [9.17, 15) is 4.39 Å². The van der Waals surface area contributed by atoms with Crippen molar-refractivity contribution in [3.63, 3.8) is 0 Å². The third-order valence-corrected chi connectivity index (χ3v) is 3.72. The van der Waals surface area contributed by atoms with Gasteiger partial charge < -0.3 is 14.5 Å². The van der Waals surface area contributed by atoms with Crippen LogP contribution in [-0.2, 0) is 0 Å². The minimum atomic E-state index is -0.428. The number of benzene rings is 1. The molecule has 1 aliphatic heterocycles. The Morgan fingerprint density at radius 3 is 2.43 bits per heavy atom. The zero-order valence-corrected chi connectivity index (χ0v) is 12.0. The molecule has 0 spiro atoms. The van der Waals surface area contributed by atoms with Gasteiger partial charge in [-0.2, -0.15) is 4.39 Å². The Kier molecular flexibility index (Phi) is 3.90. The molecule has 1 saturated heterocycles. The van der Waals surface area contributed by atoms with E-state index in [1.165, 1.54) is 6.07 Å². The summed E-state index contributed by atoms with van der Waals surface area (Å²) in [7, 11) is 1.67. The van der Waals surface area contributed by atoms with E-state index in [1.54, 1.807) is 13.2 Å². The minimum absolute atomic E-state index is 0.428. The molecule has 1 aliphatic rings. The average Bonchev–Trinajstić information content (AvgIpc) is 2.55. The molecule has 2 heterocycles. The van der Waals surface area contributed by atoms with E-state index in [2.05, 4.69) is 20.9 Å². The van der Waals surface area contributed by atoms with E-state index in [1.807, 2.05) is 24.3 Å². The Labute approximate surface area is 123 Å². The molecule has 5 heteroatoms. The third kappa shape index (κ3) is 3.07. The van der Waals surface area contributed by atoms with Crippen molar-refractivity contribution < 1.29 is 9.13 Å². The van der Waals surface area contributed by atoms with Crippen molar-refractivity contribution in [2.45, 2.75) is 0 Å². The molecule has 0 amide bonds. The molecule has 0 radical (unpaired) electrons. The van der Waals surface area contributed by atoms with Crippen LogP contribution in [0.3, 0.4) is 0 Å². The predicted octanol–water partition coefficient (Wildman–Crippen LogP) is 2.56. The topological polar surface area (TPSA) is 28.6 Å². The van der Waals surface area contributed by atoms with Crippen LogP contribution in [0, 0.1) is 5.95 Å². The summed E-state index contributed by atoms with van der Waals surface area (Å²) >= 11 is 0. The molecule has 0 N–H and O–H groups in total. The van der Waals surface area contributed by atoms with Gasteiger partial charge in [-0.15, -0.1) is 0 Å². The van der Waals surface area contributed by atoms with Crippen molar-refractivity contribution >= 4 is 11.5 Å². The minimum Gasteiger partial charge on any atom is -0.497 e. The van der Waals surface area contributed by atoms with Crippen molar-refractivity contribution in [2.75, 3.05) is 43.1 Å². The van der Waals surface area contributed by atoms with Crippen molar-refractivity contribution in [1.29, 1.82) is 0 Å². The summed E-state index contributed by atoms with van der Waals surface area (Å²) in [5.41, 5.74) is 1.15. The zero-order chi connectivity index (χ0) is 14.7. The van der Waals surface area contributed by atoms with Crippen LogP contribution in [0.2, 0.25) is 0 Å². The van der Waals surface area contributed by atoms with Crippen LogP contribution in [0.4, 0.5) is 15.9 Å². The fraction of sp³-hybridized carbons (Fsp3) is 0.312. The van der Waals surface area contributed by atoms with Gasteiger partial charge in [-0.25, -0.2) is 4.98 Å². The summed E-state index contributed by atoms with van der Waals surface area (Å²) in [4.78, 5) is 8.36. The number of nitrogens with zero attached hydrogens (tertiary/aromatic N) is 3. The number of halogens is 1. The van der Waals surface area contributed by atoms with E-state index in [0.717, 1.165) is 37.6 Å². The lowest BCUT2D eigenvalue weighted by molar-refractivity contribution is 0.414. The molecule has 1 fully saturated rings. The summed E-state index contributed by atoms with van der Waals surface area (Å²) in [6, 6.07) is 13.0. The normalized spacial score (nSPS) is 15.1. The second-order valence-electron chi connectivity index (χ2n) is 4.99. The Balaban J connectivity index is 1.67. The van der Waals surface area contributed by atoms with Gasteiger partial charge in [0.15, 0.2) is 0 Å². The molecule has 2 aromatic rings. The second kappa shape index (κ2) is 5.99. The van der Waals surface area contributed by atoms with Gasteiger partial charge in [-0.05, 0) is 24.3 Å². The monoisotopic (exact) mass is 287 g/mol. The number of ether oxygens (including phenoxy) is 1. The number of hydrogen-bond acceptors (Lipinski definition) is 4. The molecule has 0 aliphatic carbocycles. The average molecular weight is 287 g/mol. The Hall–Kier alpha value is -2.30. The molecule has 1 aromatic carbocycles. The highest BCUT2D eigenvalue weighted by Gasteiger charge is 2.18. The quantitative estimate of drug-likeness (QED) is 0.811. The molecule has 0 unspecified atom stereocenters.